The first kappa shape index (κ1) is 48.8. The average Bonchev–Trinajstić information content (AvgIpc) is 3.62. The third-order valence-corrected chi connectivity index (χ3v) is 9.00. The normalized spacial score (nSPS) is 16.4. The van der Waals surface area contributed by atoms with E-state index in [2.05, 4.69) is 49.5 Å². The first-order valence-corrected chi connectivity index (χ1v) is 18.8. The van der Waals surface area contributed by atoms with Crippen LogP contribution in [-0.2, 0) is 43.2 Å². The minimum absolute atomic E-state index is 0.108. The highest BCUT2D eigenvalue weighted by Crippen LogP contribution is 2.20. The number of guanidine groups is 1. The van der Waals surface area contributed by atoms with Crippen molar-refractivity contribution in [2.45, 2.75) is 102 Å². The Balaban J connectivity index is 3.15. The van der Waals surface area contributed by atoms with Crippen LogP contribution in [0.25, 0.3) is 0 Å². The largest absolute Gasteiger partial charge is 0.480 e. The van der Waals surface area contributed by atoms with Crippen LogP contribution < -0.4 is 54.8 Å². The molecular weight excluding hydrogens is 757 g/mol. The molecule has 8 amide bonds. The number of thiol groups is 1. The smallest absolute Gasteiger partial charge is 0.322 e. The van der Waals surface area contributed by atoms with Crippen molar-refractivity contribution in [3.05, 3.63) is 0 Å². The fraction of sp³-hybridized carbons (Fsp3) is 0.697. The number of carboxylic acids is 1. The van der Waals surface area contributed by atoms with Crippen LogP contribution in [0, 0.1) is 11.8 Å². The number of aliphatic imine (C=N–C) groups is 1. The number of carbonyl (C=O) groups is 9. The number of likely N-dealkylation sites (tertiary alicyclic amines) is 1. The molecule has 0 aromatic heterocycles. The molecule has 0 aromatic rings. The van der Waals surface area contributed by atoms with E-state index in [0.717, 1.165) is 0 Å². The van der Waals surface area contributed by atoms with Crippen LogP contribution in [0.2, 0.25) is 0 Å². The maximum absolute atomic E-state index is 13.7. The summed E-state index contributed by atoms with van der Waals surface area (Å²) >= 11 is 4.21. The van der Waals surface area contributed by atoms with E-state index in [-0.39, 0.29) is 50.5 Å². The highest BCUT2D eigenvalue weighted by atomic mass is 32.1. The molecule has 1 aliphatic rings. The van der Waals surface area contributed by atoms with Gasteiger partial charge in [-0.05, 0) is 43.9 Å². The highest BCUT2D eigenvalue weighted by molar-refractivity contribution is 7.80. The van der Waals surface area contributed by atoms with Gasteiger partial charge >= 0.3 is 5.97 Å². The Kier molecular flexibility index (Phi) is 21.2. The van der Waals surface area contributed by atoms with Crippen molar-refractivity contribution in [3.8, 4) is 0 Å². The molecule has 0 radical (unpaired) electrons. The Morgan fingerprint density at radius 3 is 1.82 bits per heavy atom. The molecule has 1 aliphatic heterocycles. The molecule has 23 heteroatoms. The van der Waals surface area contributed by atoms with E-state index < -0.39 is 114 Å². The number of aliphatic carboxylic acids is 1. The Morgan fingerprint density at radius 2 is 1.34 bits per heavy atom. The minimum Gasteiger partial charge on any atom is -0.480 e. The van der Waals surface area contributed by atoms with Gasteiger partial charge in [0.2, 0.25) is 47.3 Å². The number of nitrogens with one attached hydrogen (secondary N) is 6. The number of amides is 8. The van der Waals surface area contributed by atoms with Gasteiger partial charge in [0.25, 0.3) is 0 Å². The number of nitrogens with zero attached hydrogens (tertiary/aromatic N) is 2. The van der Waals surface area contributed by atoms with Crippen LogP contribution in [0.4, 0.5) is 0 Å². The van der Waals surface area contributed by atoms with Crippen molar-refractivity contribution < 1.29 is 48.3 Å². The number of hydrogen-bond acceptors (Lipinski definition) is 12. The zero-order valence-corrected chi connectivity index (χ0v) is 33.1. The number of hydrogen-bond donors (Lipinski definition) is 12. The van der Waals surface area contributed by atoms with Crippen molar-refractivity contribution >= 4 is 71.8 Å². The molecule has 0 aromatic carbocycles. The van der Waals surface area contributed by atoms with Crippen LogP contribution in [0.5, 0.6) is 0 Å². The fourth-order valence-corrected chi connectivity index (χ4v) is 5.91. The molecule has 1 saturated heterocycles. The van der Waals surface area contributed by atoms with E-state index in [4.69, 9.17) is 28.0 Å². The number of primary amides is 1. The van der Waals surface area contributed by atoms with E-state index in [1.165, 1.54) is 4.90 Å². The van der Waals surface area contributed by atoms with Gasteiger partial charge in [0.05, 0.1) is 6.54 Å². The lowest BCUT2D eigenvalue weighted by molar-refractivity contribution is -0.143. The second-order valence-electron chi connectivity index (χ2n) is 13.8. The molecule has 22 nitrogen and oxygen atoms in total. The second-order valence-corrected chi connectivity index (χ2v) is 14.2. The van der Waals surface area contributed by atoms with Gasteiger partial charge in [-0.1, -0.05) is 27.7 Å². The predicted molar refractivity (Wildman–Crippen MR) is 206 cm³/mol. The zero-order valence-electron chi connectivity index (χ0n) is 32.2. The van der Waals surface area contributed by atoms with Gasteiger partial charge in [-0.2, -0.15) is 12.6 Å². The monoisotopic (exact) mass is 814 g/mol. The molecule has 15 N–H and O–H groups in total. The molecule has 316 valence electrons. The Morgan fingerprint density at radius 1 is 0.786 bits per heavy atom. The van der Waals surface area contributed by atoms with Crippen molar-refractivity contribution in [3.63, 3.8) is 0 Å². The molecule has 0 spiro atoms. The van der Waals surface area contributed by atoms with E-state index in [1.54, 1.807) is 27.7 Å². The molecule has 1 fully saturated rings. The van der Waals surface area contributed by atoms with E-state index in [0.29, 0.717) is 12.8 Å². The first-order chi connectivity index (χ1) is 26.2. The van der Waals surface area contributed by atoms with E-state index in [9.17, 15) is 43.2 Å². The van der Waals surface area contributed by atoms with Crippen molar-refractivity contribution in [2.24, 2.45) is 39.8 Å². The number of rotatable bonds is 24. The average molecular weight is 815 g/mol. The molecule has 0 unspecified atom stereocenters. The summed E-state index contributed by atoms with van der Waals surface area (Å²) in [5, 5.41) is 24.0. The van der Waals surface area contributed by atoms with Gasteiger partial charge in [-0.25, -0.2) is 0 Å². The molecule has 6 atom stereocenters. The van der Waals surface area contributed by atoms with Gasteiger partial charge in [-0.3, -0.25) is 48.1 Å². The van der Waals surface area contributed by atoms with E-state index in [1.807, 2.05) is 0 Å². The lowest BCUT2D eigenvalue weighted by atomic mass is 10.0. The highest BCUT2D eigenvalue weighted by Gasteiger charge is 2.39. The molecular formula is C33H58N12O10S. The maximum Gasteiger partial charge on any atom is 0.322 e. The second kappa shape index (κ2) is 24.3. The molecule has 0 aliphatic carbocycles. The summed E-state index contributed by atoms with van der Waals surface area (Å²) in [7, 11) is 0. The zero-order chi connectivity index (χ0) is 42.7. The van der Waals surface area contributed by atoms with Crippen molar-refractivity contribution in [2.75, 3.05) is 31.9 Å². The molecule has 56 heavy (non-hydrogen) atoms. The third-order valence-electron chi connectivity index (χ3n) is 8.64. The molecule has 0 saturated carbocycles. The third kappa shape index (κ3) is 16.7. The molecule has 0 bridgehead atoms. The van der Waals surface area contributed by atoms with Gasteiger partial charge in [-0.15, -0.1) is 0 Å². The molecule has 1 heterocycles. The Bertz CT molecular complexity index is 1460. The lowest BCUT2D eigenvalue weighted by Crippen LogP contribution is -2.61. The quantitative estimate of drug-likeness (QED) is 0.0188. The number of nitrogens with two attached hydrogens (primary N) is 4. The summed E-state index contributed by atoms with van der Waals surface area (Å²) in [6, 6.07) is -7.22. The Hall–Kier alpha value is -5.19. The van der Waals surface area contributed by atoms with Crippen LogP contribution in [-0.4, -0.2) is 137 Å². The number of carboxylic acid groups (broad SMARTS) is 1. The van der Waals surface area contributed by atoms with E-state index >= 15 is 0 Å². The summed E-state index contributed by atoms with van der Waals surface area (Å²) < 4.78 is 0. The van der Waals surface area contributed by atoms with Crippen molar-refractivity contribution in [1.82, 2.24) is 36.8 Å². The van der Waals surface area contributed by atoms with Gasteiger partial charge < -0.3 is 64.8 Å². The van der Waals surface area contributed by atoms with Crippen molar-refractivity contribution in [1.29, 1.82) is 0 Å². The standard InChI is InChI=1S/C33H58N12O10S/c1-16(2)25(30(53)41-19(9-10-22(35)46)32(55)45-12-6-8-21(45)29(52)39-14-24(48)49)44-28(51)20(15-56)42-31(54)26(17(3)4)43-27(50)18(40-23(47)13-34)7-5-11-38-33(36)37/h16-21,25-26,56H,5-15,34H2,1-4H3,(H2,35,46)(H,39,52)(H,40,47)(H,41,53)(H,42,54)(H,43,50)(H,44,51)(H,48,49)(H4,36,37,38)/t18-,19-,20-,21-,25-,26-/m0/s1. The molecule has 1 rings (SSSR count). The summed E-state index contributed by atoms with van der Waals surface area (Å²) in [5.74, 6) is -8.60. The van der Waals surface area contributed by atoms with Crippen LogP contribution in [0.1, 0.15) is 66.2 Å². The summed E-state index contributed by atoms with van der Waals surface area (Å²) in [6.45, 7) is 5.77. The van der Waals surface area contributed by atoms with Gasteiger partial charge in [0, 0.05) is 25.3 Å². The first-order valence-electron chi connectivity index (χ1n) is 18.2. The summed E-state index contributed by atoms with van der Waals surface area (Å²) in [5.41, 5.74) is 21.4. The summed E-state index contributed by atoms with van der Waals surface area (Å²) in [6.07, 6.45) is 0.528. The SMILES string of the molecule is CC(C)[C@H](NC(=O)[C@H](CCCN=C(N)N)NC(=O)CN)C(=O)N[C@@H](CS)C(=O)N[C@H](C(=O)N[C@@H](CCC(N)=O)C(=O)N1CCC[C@H]1C(=O)NCC(=O)O)C(C)C. The van der Waals surface area contributed by atoms with Crippen LogP contribution >= 0.6 is 12.6 Å². The number of carbonyl (C=O) groups excluding carboxylic acids is 8. The van der Waals surface area contributed by atoms with Crippen LogP contribution in [0.3, 0.4) is 0 Å². The van der Waals surface area contributed by atoms with Crippen LogP contribution in [0.15, 0.2) is 4.99 Å². The minimum atomic E-state index is -1.35. The fourth-order valence-electron chi connectivity index (χ4n) is 5.65. The summed E-state index contributed by atoms with van der Waals surface area (Å²) in [4.78, 5) is 120. The lowest BCUT2D eigenvalue weighted by Gasteiger charge is -2.31. The van der Waals surface area contributed by atoms with Gasteiger partial charge in [0.15, 0.2) is 5.96 Å². The maximum atomic E-state index is 13.7. The van der Waals surface area contributed by atoms with Gasteiger partial charge in [0.1, 0.15) is 42.8 Å². The predicted octanol–water partition coefficient (Wildman–Crippen LogP) is -4.88. The Labute approximate surface area is 330 Å². The topological polar surface area (TPSA) is 366 Å².